The number of nitrogens with two attached hydrogens (primary N) is 1. The molecular formula is C14H22BrNO3S. The van der Waals surface area contributed by atoms with Crippen molar-refractivity contribution in [3.63, 3.8) is 0 Å². The Morgan fingerprint density at radius 1 is 1.30 bits per heavy atom. The number of benzene rings is 1. The van der Waals surface area contributed by atoms with Crippen LogP contribution in [0.3, 0.4) is 0 Å². The molecule has 0 aromatic heterocycles. The van der Waals surface area contributed by atoms with E-state index in [0.717, 1.165) is 16.5 Å². The van der Waals surface area contributed by atoms with Crippen molar-refractivity contribution in [3.8, 4) is 5.75 Å². The molecule has 0 saturated carbocycles. The second-order valence-corrected chi connectivity index (χ2v) is 9.29. The van der Waals surface area contributed by atoms with Gasteiger partial charge in [0.1, 0.15) is 12.4 Å². The number of halogens is 1. The predicted molar refractivity (Wildman–Crippen MR) is 85.9 cm³/mol. The highest BCUT2D eigenvalue weighted by atomic mass is 79.9. The molecule has 2 N–H and O–H groups in total. The van der Waals surface area contributed by atoms with Crippen molar-refractivity contribution in [1.29, 1.82) is 0 Å². The molecule has 0 unspecified atom stereocenters. The first-order valence-corrected chi connectivity index (χ1v) is 8.95. The van der Waals surface area contributed by atoms with Crippen molar-refractivity contribution < 1.29 is 13.2 Å². The smallest absolute Gasteiger partial charge is 0.158 e. The van der Waals surface area contributed by atoms with Gasteiger partial charge in [0, 0.05) is 4.47 Å². The number of sulfone groups is 1. The summed E-state index contributed by atoms with van der Waals surface area (Å²) in [6.45, 7) is 5.80. The zero-order valence-electron chi connectivity index (χ0n) is 12.1. The summed E-state index contributed by atoms with van der Waals surface area (Å²) in [6, 6.07) is 5.59. The summed E-state index contributed by atoms with van der Waals surface area (Å²) < 4.78 is 29.7. The van der Waals surface area contributed by atoms with E-state index in [2.05, 4.69) is 15.9 Å². The van der Waals surface area contributed by atoms with Crippen LogP contribution in [0.1, 0.15) is 26.3 Å². The van der Waals surface area contributed by atoms with Crippen LogP contribution in [0.4, 0.5) is 0 Å². The quantitative estimate of drug-likeness (QED) is 0.842. The third-order valence-electron chi connectivity index (χ3n) is 2.98. The molecule has 1 aromatic rings. The monoisotopic (exact) mass is 363 g/mol. The third-order valence-corrected chi connectivity index (χ3v) is 6.33. The summed E-state index contributed by atoms with van der Waals surface area (Å²) in [5.41, 5.74) is 6.60. The van der Waals surface area contributed by atoms with E-state index in [4.69, 9.17) is 10.5 Å². The molecule has 0 saturated heterocycles. The maximum atomic E-state index is 12.0. The Morgan fingerprint density at radius 3 is 2.50 bits per heavy atom. The van der Waals surface area contributed by atoms with E-state index in [1.165, 1.54) is 0 Å². The number of ether oxygens (including phenoxy) is 1. The molecular weight excluding hydrogens is 342 g/mol. The summed E-state index contributed by atoms with van der Waals surface area (Å²) in [5.74, 6) is 0.680. The molecule has 6 heteroatoms. The highest BCUT2D eigenvalue weighted by Gasteiger charge is 2.28. The topological polar surface area (TPSA) is 69.4 Å². The van der Waals surface area contributed by atoms with E-state index < -0.39 is 14.6 Å². The summed E-state index contributed by atoms with van der Waals surface area (Å²) in [5, 5.41) is 0. The number of hydrogen-bond acceptors (Lipinski definition) is 4. The Morgan fingerprint density at radius 2 is 1.95 bits per heavy atom. The van der Waals surface area contributed by atoms with Crippen LogP contribution >= 0.6 is 15.9 Å². The largest absolute Gasteiger partial charge is 0.493 e. The standard InChI is InChI=1S/C14H22BrNO3S/c1-14(2,3)20(17,18)9-8-19-12-4-5-13(15)11(10-12)6-7-16/h4-5,10H,6-9,16H2,1-3H3. The Bertz CT molecular complexity index is 550. The molecule has 0 aliphatic carbocycles. The molecule has 0 spiro atoms. The zero-order chi connectivity index (χ0) is 15.4. The van der Waals surface area contributed by atoms with Gasteiger partial charge in [0.2, 0.25) is 0 Å². The summed E-state index contributed by atoms with van der Waals surface area (Å²) in [7, 11) is -3.15. The molecule has 0 bridgehead atoms. The van der Waals surface area contributed by atoms with Crippen molar-refractivity contribution in [1.82, 2.24) is 0 Å². The van der Waals surface area contributed by atoms with E-state index in [1.54, 1.807) is 20.8 Å². The molecule has 0 aliphatic heterocycles. The maximum Gasteiger partial charge on any atom is 0.158 e. The number of hydrogen-bond donors (Lipinski definition) is 1. The average molecular weight is 364 g/mol. The van der Waals surface area contributed by atoms with Crippen molar-refractivity contribution in [3.05, 3.63) is 28.2 Å². The first-order chi connectivity index (χ1) is 9.17. The van der Waals surface area contributed by atoms with Gasteiger partial charge in [0.15, 0.2) is 9.84 Å². The second kappa shape index (κ2) is 6.91. The summed E-state index contributed by atoms with van der Waals surface area (Å²) in [6.07, 6.45) is 0.748. The first-order valence-electron chi connectivity index (χ1n) is 6.51. The van der Waals surface area contributed by atoms with Crippen molar-refractivity contribution >= 4 is 25.8 Å². The van der Waals surface area contributed by atoms with Crippen molar-refractivity contribution in [2.24, 2.45) is 5.73 Å². The first kappa shape index (κ1) is 17.5. The minimum atomic E-state index is -3.15. The fourth-order valence-corrected chi connectivity index (χ4v) is 2.92. The highest BCUT2D eigenvalue weighted by Crippen LogP contribution is 2.23. The normalized spacial score (nSPS) is 12.4. The van der Waals surface area contributed by atoms with Gasteiger partial charge in [-0.1, -0.05) is 15.9 Å². The molecule has 114 valence electrons. The van der Waals surface area contributed by atoms with E-state index in [1.807, 2.05) is 18.2 Å². The van der Waals surface area contributed by atoms with Crippen LogP contribution in [0, 0.1) is 0 Å². The minimum Gasteiger partial charge on any atom is -0.493 e. The van der Waals surface area contributed by atoms with Gasteiger partial charge in [-0.05, 0) is 57.5 Å². The molecule has 0 amide bonds. The van der Waals surface area contributed by atoms with Crippen LogP contribution in [-0.4, -0.2) is 32.1 Å². The van der Waals surface area contributed by atoms with Crippen molar-refractivity contribution in [2.75, 3.05) is 18.9 Å². The second-order valence-electron chi connectivity index (χ2n) is 5.57. The molecule has 0 aliphatic rings. The molecule has 4 nitrogen and oxygen atoms in total. The van der Waals surface area contributed by atoms with Crippen LogP contribution < -0.4 is 10.5 Å². The van der Waals surface area contributed by atoms with E-state index >= 15 is 0 Å². The zero-order valence-corrected chi connectivity index (χ0v) is 14.6. The van der Waals surface area contributed by atoms with Crippen molar-refractivity contribution in [2.45, 2.75) is 31.9 Å². The number of rotatable bonds is 6. The average Bonchev–Trinajstić information content (AvgIpc) is 2.32. The molecule has 20 heavy (non-hydrogen) atoms. The van der Waals surface area contributed by atoms with E-state index in [9.17, 15) is 8.42 Å². The lowest BCUT2D eigenvalue weighted by atomic mass is 10.1. The Balaban J connectivity index is 2.65. The molecule has 0 heterocycles. The van der Waals surface area contributed by atoms with Gasteiger partial charge in [0.25, 0.3) is 0 Å². The van der Waals surface area contributed by atoms with Crippen LogP contribution in [0.25, 0.3) is 0 Å². The van der Waals surface area contributed by atoms with Gasteiger partial charge in [-0.25, -0.2) is 8.42 Å². The molecule has 0 atom stereocenters. The minimum absolute atomic E-state index is 0.0127. The lowest BCUT2D eigenvalue weighted by Gasteiger charge is -2.19. The van der Waals surface area contributed by atoms with Gasteiger partial charge in [-0.2, -0.15) is 0 Å². The highest BCUT2D eigenvalue weighted by molar-refractivity contribution is 9.10. The van der Waals surface area contributed by atoms with Gasteiger partial charge in [-0.15, -0.1) is 0 Å². The maximum absolute atomic E-state index is 12.0. The Labute approximate surface area is 129 Å². The van der Waals surface area contributed by atoms with Crippen LogP contribution in [0.5, 0.6) is 5.75 Å². The molecule has 0 fully saturated rings. The van der Waals surface area contributed by atoms with E-state index in [-0.39, 0.29) is 12.4 Å². The van der Waals surface area contributed by atoms with E-state index in [0.29, 0.717) is 12.3 Å². The van der Waals surface area contributed by atoms with Gasteiger partial charge >= 0.3 is 0 Å². The van der Waals surface area contributed by atoms with Crippen LogP contribution in [0.2, 0.25) is 0 Å². The fraction of sp³-hybridized carbons (Fsp3) is 0.571. The predicted octanol–water partition coefficient (Wildman–Crippen LogP) is 2.54. The fourth-order valence-electron chi connectivity index (χ4n) is 1.56. The SMILES string of the molecule is CC(C)(C)S(=O)(=O)CCOc1ccc(Br)c(CCN)c1. The third kappa shape index (κ3) is 4.75. The molecule has 1 aromatic carbocycles. The van der Waals surface area contributed by atoms with Gasteiger partial charge in [0.05, 0.1) is 10.5 Å². The van der Waals surface area contributed by atoms with Gasteiger partial charge < -0.3 is 10.5 Å². The summed E-state index contributed by atoms with van der Waals surface area (Å²) in [4.78, 5) is 0. The lowest BCUT2D eigenvalue weighted by molar-refractivity contribution is 0.339. The van der Waals surface area contributed by atoms with Crippen LogP contribution in [-0.2, 0) is 16.3 Å². The summed E-state index contributed by atoms with van der Waals surface area (Å²) >= 11 is 3.45. The van der Waals surface area contributed by atoms with Crippen LogP contribution in [0.15, 0.2) is 22.7 Å². The molecule has 1 rings (SSSR count). The Hall–Kier alpha value is -0.590. The molecule has 0 radical (unpaired) electrons. The Kier molecular flexibility index (Phi) is 6.04. The lowest BCUT2D eigenvalue weighted by Crippen LogP contribution is -2.32. The van der Waals surface area contributed by atoms with Gasteiger partial charge in [-0.3, -0.25) is 0 Å².